The minimum Gasteiger partial charge on any atom is -0.481 e. The van der Waals surface area contributed by atoms with Crippen molar-refractivity contribution in [2.75, 3.05) is 11.5 Å². The first-order valence-corrected chi connectivity index (χ1v) is 8.04. The number of unbranched alkanes of at least 4 members (excludes halogenated alkanes) is 1. The first-order valence-electron chi connectivity index (χ1n) is 6.15. The Kier molecular flexibility index (Phi) is 7.62. The maximum Gasteiger partial charge on any atom is 0.320 e. The standard InChI is InChI=1S/C11H22N2O5S/c1-2-3-4-8(10(14)15)7-19(13,18)6-5-9(12)11(16)17/h8-9,13H,2-7,12H2,1H3,(H,14,15)(H,16,17)/t8?,9-,19?/m0/s1. The van der Waals surface area contributed by atoms with E-state index in [0.717, 1.165) is 6.42 Å². The molecule has 0 saturated carbocycles. The molecule has 3 atom stereocenters. The van der Waals surface area contributed by atoms with E-state index in [4.69, 9.17) is 20.7 Å². The zero-order chi connectivity index (χ0) is 15.1. The molecule has 0 rings (SSSR count). The van der Waals surface area contributed by atoms with Crippen LogP contribution in [0.4, 0.5) is 0 Å². The third-order valence-corrected chi connectivity index (χ3v) is 4.64. The molecular weight excluding hydrogens is 272 g/mol. The number of carboxylic acids is 2. The lowest BCUT2D eigenvalue weighted by Crippen LogP contribution is -2.33. The Labute approximate surface area is 113 Å². The van der Waals surface area contributed by atoms with E-state index in [-0.39, 0.29) is 17.9 Å². The number of carbonyl (C=O) groups is 2. The molecule has 0 radical (unpaired) electrons. The van der Waals surface area contributed by atoms with Crippen molar-refractivity contribution in [3.63, 3.8) is 0 Å². The zero-order valence-electron chi connectivity index (χ0n) is 11.0. The van der Waals surface area contributed by atoms with Crippen LogP contribution in [0, 0.1) is 10.7 Å². The average molecular weight is 294 g/mol. The Hall–Kier alpha value is -1.15. The van der Waals surface area contributed by atoms with E-state index in [1.165, 1.54) is 0 Å². The van der Waals surface area contributed by atoms with Crippen molar-refractivity contribution in [1.29, 1.82) is 4.78 Å². The molecule has 0 aromatic carbocycles. The second kappa shape index (κ2) is 8.11. The fraction of sp³-hybridized carbons (Fsp3) is 0.818. The van der Waals surface area contributed by atoms with Gasteiger partial charge in [-0.2, -0.15) is 0 Å². The van der Waals surface area contributed by atoms with E-state index in [0.29, 0.717) is 12.8 Å². The molecule has 0 saturated heterocycles. The normalized spacial score (nSPS) is 17.4. The van der Waals surface area contributed by atoms with Crippen LogP contribution < -0.4 is 5.73 Å². The molecule has 0 amide bonds. The summed E-state index contributed by atoms with van der Waals surface area (Å²) in [7, 11) is -3.11. The monoisotopic (exact) mass is 294 g/mol. The zero-order valence-corrected chi connectivity index (χ0v) is 11.8. The quantitative estimate of drug-likeness (QED) is 0.468. The fourth-order valence-corrected chi connectivity index (χ4v) is 3.34. The number of nitrogens with one attached hydrogen (secondary N) is 1. The van der Waals surface area contributed by atoms with E-state index >= 15 is 0 Å². The van der Waals surface area contributed by atoms with Crippen molar-refractivity contribution in [1.82, 2.24) is 0 Å². The van der Waals surface area contributed by atoms with Crippen LogP contribution in [-0.4, -0.2) is 43.9 Å². The Morgan fingerprint density at radius 2 is 1.84 bits per heavy atom. The van der Waals surface area contributed by atoms with Gasteiger partial charge in [0.25, 0.3) is 0 Å². The van der Waals surface area contributed by atoms with E-state index in [9.17, 15) is 13.8 Å². The van der Waals surface area contributed by atoms with Gasteiger partial charge in [0.1, 0.15) is 6.04 Å². The van der Waals surface area contributed by atoms with Crippen molar-refractivity contribution in [3.8, 4) is 0 Å². The number of rotatable bonds is 10. The predicted octanol–water partition coefficient (Wildman–Crippen LogP) is 0.726. The van der Waals surface area contributed by atoms with Crippen LogP contribution in [0.25, 0.3) is 0 Å². The summed E-state index contributed by atoms with van der Waals surface area (Å²) in [4.78, 5) is 21.5. The lowest BCUT2D eigenvalue weighted by Gasteiger charge is -2.15. The minimum absolute atomic E-state index is 0.0855. The highest BCUT2D eigenvalue weighted by atomic mass is 32.2. The van der Waals surface area contributed by atoms with Crippen molar-refractivity contribution < 1.29 is 24.0 Å². The van der Waals surface area contributed by atoms with Gasteiger partial charge in [-0.3, -0.25) is 14.4 Å². The first kappa shape index (κ1) is 17.8. The highest BCUT2D eigenvalue weighted by Crippen LogP contribution is 2.13. The predicted molar refractivity (Wildman–Crippen MR) is 71.5 cm³/mol. The SMILES string of the molecule is CCCCC(CS(=N)(=O)CC[C@H](N)C(=O)O)C(=O)O. The third-order valence-electron chi connectivity index (χ3n) is 2.80. The van der Waals surface area contributed by atoms with Gasteiger partial charge in [-0.25, -0.2) is 4.21 Å². The Bertz CT molecular complexity index is 407. The lowest BCUT2D eigenvalue weighted by atomic mass is 10.1. The summed E-state index contributed by atoms with van der Waals surface area (Å²) < 4.78 is 19.6. The lowest BCUT2D eigenvalue weighted by molar-refractivity contribution is -0.141. The van der Waals surface area contributed by atoms with Crippen molar-refractivity contribution >= 4 is 21.7 Å². The van der Waals surface area contributed by atoms with Gasteiger partial charge in [0.15, 0.2) is 0 Å². The van der Waals surface area contributed by atoms with Crippen LogP contribution in [0.5, 0.6) is 0 Å². The molecule has 7 nitrogen and oxygen atoms in total. The second-order valence-electron chi connectivity index (χ2n) is 4.59. The van der Waals surface area contributed by atoms with Crippen LogP contribution in [0.1, 0.15) is 32.6 Å². The number of nitrogens with two attached hydrogens (primary N) is 1. The highest BCUT2D eigenvalue weighted by molar-refractivity contribution is 7.92. The van der Waals surface area contributed by atoms with Gasteiger partial charge in [-0.05, 0) is 12.8 Å². The van der Waals surface area contributed by atoms with Gasteiger partial charge >= 0.3 is 11.9 Å². The van der Waals surface area contributed by atoms with Crippen molar-refractivity contribution in [3.05, 3.63) is 0 Å². The summed E-state index contributed by atoms with van der Waals surface area (Å²) in [6.45, 7) is 1.92. The summed E-state index contributed by atoms with van der Waals surface area (Å²) in [6, 6.07) is -1.16. The molecule has 5 N–H and O–H groups in total. The molecule has 0 aromatic heterocycles. The van der Waals surface area contributed by atoms with Crippen LogP contribution in [0.3, 0.4) is 0 Å². The average Bonchev–Trinajstić information content (AvgIpc) is 2.31. The summed E-state index contributed by atoms with van der Waals surface area (Å²) in [5.41, 5.74) is 5.27. The van der Waals surface area contributed by atoms with E-state index in [1.807, 2.05) is 6.92 Å². The Balaban J connectivity index is 4.47. The molecule has 0 aliphatic heterocycles. The van der Waals surface area contributed by atoms with Crippen LogP contribution in [0.2, 0.25) is 0 Å². The number of carboxylic acid groups (broad SMARTS) is 2. The van der Waals surface area contributed by atoms with Crippen molar-refractivity contribution in [2.45, 2.75) is 38.6 Å². The van der Waals surface area contributed by atoms with E-state index < -0.39 is 33.6 Å². The van der Waals surface area contributed by atoms with Gasteiger partial charge < -0.3 is 15.9 Å². The Morgan fingerprint density at radius 3 is 2.26 bits per heavy atom. The molecular formula is C11H22N2O5S. The summed E-state index contributed by atoms with van der Waals surface area (Å²) in [5, 5.41) is 17.6. The smallest absolute Gasteiger partial charge is 0.320 e. The molecule has 2 unspecified atom stereocenters. The topological polar surface area (TPSA) is 142 Å². The number of hydrogen-bond donors (Lipinski definition) is 4. The van der Waals surface area contributed by atoms with E-state index in [2.05, 4.69) is 0 Å². The molecule has 0 bridgehead atoms. The van der Waals surface area contributed by atoms with Gasteiger partial charge in [-0.15, -0.1) is 0 Å². The summed E-state index contributed by atoms with van der Waals surface area (Å²) in [5.74, 6) is -3.51. The van der Waals surface area contributed by atoms with Crippen molar-refractivity contribution in [2.24, 2.45) is 11.7 Å². The third kappa shape index (κ3) is 7.78. The molecule has 19 heavy (non-hydrogen) atoms. The van der Waals surface area contributed by atoms with Gasteiger partial charge in [-0.1, -0.05) is 19.8 Å². The largest absolute Gasteiger partial charge is 0.481 e. The summed E-state index contributed by atoms with van der Waals surface area (Å²) >= 11 is 0. The molecule has 0 spiro atoms. The number of hydrogen-bond acceptors (Lipinski definition) is 5. The molecule has 0 heterocycles. The molecule has 112 valence electrons. The Morgan fingerprint density at radius 1 is 1.26 bits per heavy atom. The molecule has 0 aromatic rings. The van der Waals surface area contributed by atoms with Crippen LogP contribution in [-0.2, 0) is 19.3 Å². The maximum atomic E-state index is 11.9. The second-order valence-corrected chi connectivity index (χ2v) is 6.96. The van der Waals surface area contributed by atoms with Crippen LogP contribution in [0.15, 0.2) is 0 Å². The maximum absolute atomic E-state index is 11.9. The fourth-order valence-electron chi connectivity index (χ4n) is 1.58. The van der Waals surface area contributed by atoms with Crippen LogP contribution >= 0.6 is 0 Å². The first-order chi connectivity index (χ1) is 8.69. The van der Waals surface area contributed by atoms with Gasteiger partial charge in [0.05, 0.1) is 5.92 Å². The molecule has 0 aliphatic carbocycles. The minimum atomic E-state index is -3.11. The molecule has 0 aliphatic rings. The number of aliphatic carboxylic acids is 2. The molecule has 0 fully saturated rings. The van der Waals surface area contributed by atoms with Gasteiger partial charge in [0.2, 0.25) is 0 Å². The molecule has 8 heteroatoms. The van der Waals surface area contributed by atoms with Gasteiger partial charge in [0, 0.05) is 21.2 Å². The summed E-state index contributed by atoms with van der Waals surface area (Å²) in [6.07, 6.45) is 1.82. The highest BCUT2D eigenvalue weighted by Gasteiger charge is 2.23. The van der Waals surface area contributed by atoms with E-state index in [1.54, 1.807) is 0 Å².